The van der Waals surface area contributed by atoms with Gasteiger partial charge in [-0.1, -0.05) is 30.3 Å². The van der Waals surface area contributed by atoms with Crippen molar-refractivity contribution in [3.05, 3.63) is 35.9 Å². The third-order valence-corrected chi connectivity index (χ3v) is 5.63. The Kier molecular flexibility index (Phi) is 5.74. The molecule has 2 amide bonds. The molecule has 136 valence electrons. The third kappa shape index (κ3) is 4.40. The quantitative estimate of drug-likeness (QED) is 0.912. The second-order valence-electron chi connectivity index (χ2n) is 7.38. The number of hydrogen-bond donors (Lipinski definition) is 1. The third-order valence-electron chi connectivity index (χ3n) is 5.63. The average Bonchev–Trinajstić information content (AvgIpc) is 3.10. The van der Waals surface area contributed by atoms with Crippen molar-refractivity contribution in [2.45, 2.75) is 45.2 Å². The van der Waals surface area contributed by atoms with Gasteiger partial charge in [-0.15, -0.1) is 0 Å². The monoisotopic (exact) mass is 343 g/mol. The lowest BCUT2D eigenvalue weighted by Crippen LogP contribution is -2.47. The van der Waals surface area contributed by atoms with Crippen LogP contribution in [0.5, 0.6) is 0 Å². The number of nitrogens with one attached hydrogen (secondary N) is 1. The van der Waals surface area contributed by atoms with Crippen LogP contribution in [0.1, 0.15) is 44.7 Å². The molecule has 0 aromatic heterocycles. The first-order valence-electron chi connectivity index (χ1n) is 9.39. The summed E-state index contributed by atoms with van der Waals surface area (Å²) in [6, 6.07) is 11.1. The molecule has 0 radical (unpaired) electrons. The fourth-order valence-corrected chi connectivity index (χ4v) is 4.00. The second kappa shape index (κ2) is 8.00. The molecule has 2 aliphatic heterocycles. The van der Waals surface area contributed by atoms with Gasteiger partial charge >= 0.3 is 0 Å². The maximum atomic E-state index is 12.6. The van der Waals surface area contributed by atoms with Crippen LogP contribution in [0.2, 0.25) is 0 Å². The molecule has 0 unspecified atom stereocenters. The van der Waals surface area contributed by atoms with Gasteiger partial charge in [-0.05, 0) is 31.7 Å². The van der Waals surface area contributed by atoms with Crippen molar-refractivity contribution in [2.75, 3.05) is 26.2 Å². The minimum absolute atomic E-state index is 0.0572. The number of benzene rings is 1. The van der Waals surface area contributed by atoms with Crippen LogP contribution in [0.25, 0.3) is 0 Å². The minimum atomic E-state index is -0.0572. The molecule has 0 bridgehead atoms. The fourth-order valence-electron chi connectivity index (χ4n) is 4.00. The Morgan fingerprint density at radius 3 is 2.60 bits per heavy atom. The van der Waals surface area contributed by atoms with Crippen LogP contribution in [-0.4, -0.2) is 53.8 Å². The first kappa shape index (κ1) is 17.9. The first-order valence-corrected chi connectivity index (χ1v) is 9.39. The highest BCUT2D eigenvalue weighted by molar-refractivity contribution is 5.81. The zero-order chi connectivity index (χ0) is 17.8. The SMILES string of the molecule is CC(=O)N1CCC[C@H](C(=O)N[C@H]2CCN([C@H](C)c3ccccc3)C2)C1. The number of carbonyl (C=O) groups excluding carboxylic acids is 2. The van der Waals surface area contributed by atoms with Gasteiger partial charge in [-0.2, -0.15) is 0 Å². The number of nitrogens with zero attached hydrogens (tertiary/aromatic N) is 2. The molecular weight excluding hydrogens is 314 g/mol. The highest BCUT2D eigenvalue weighted by Gasteiger charge is 2.31. The van der Waals surface area contributed by atoms with Gasteiger partial charge in [0.1, 0.15) is 0 Å². The van der Waals surface area contributed by atoms with E-state index in [1.165, 1.54) is 5.56 Å². The van der Waals surface area contributed by atoms with Crippen molar-refractivity contribution in [3.63, 3.8) is 0 Å². The van der Waals surface area contributed by atoms with Gasteiger partial charge in [0.15, 0.2) is 0 Å². The van der Waals surface area contributed by atoms with Gasteiger partial charge in [0.2, 0.25) is 11.8 Å². The summed E-state index contributed by atoms with van der Waals surface area (Å²) in [5.41, 5.74) is 1.32. The smallest absolute Gasteiger partial charge is 0.225 e. The lowest BCUT2D eigenvalue weighted by Gasteiger charge is -2.32. The van der Waals surface area contributed by atoms with E-state index < -0.39 is 0 Å². The Hall–Kier alpha value is -1.88. The molecule has 2 saturated heterocycles. The van der Waals surface area contributed by atoms with E-state index in [1.54, 1.807) is 11.8 Å². The van der Waals surface area contributed by atoms with Gasteiger partial charge in [0.25, 0.3) is 0 Å². The van der Waals surface area contributed by atoms with Crippen LogP contribution in [0.4, 0.5) is 0 Å². The van der Waals surface area contributed by atoms with E-state index in [2.05, 4.69) is 41.4 Å². The van der Waals surface area contributed by atoms with Crippen molar-refractivity contribution in [3.8, 4) is 0 Å². The standard InChI is InChI=1S/C20H29N3O2/c1-15(17-7-4-3-5-8-17)22-12-10-19(14-22)21-20(25)18-9-6-11-23(13-18)16(2)24/h3-5,7-8,15,18-19H,6,9-14H2,1-2H3,(H,21,25)/t15-,18+,19+/m1/s1. The molecule has 3 rings (SSSR count). The van der Waals surface area contributed by atoms with Gasteiger partial charge in [0, 0.05) is 45.2 Å². The summed E-state index contributed by atoms with van der Waals surface area (Å²) in [6.07, 6.45) is 2.79. The summed E-state index contributed by atoms with van der Waals surface area (Å²) in [7, 11) is 0. The number of rotatable bonds is 4. The van der Waals surface area contributed by atoms with Crippen LogP contribution >= 0.6 is 0 Å². The van der Waals surface area contributed by atoms with E-state index in [0.29, 0.717) is 12.6 Å². The lowest BCUT2D eigenvalue weighted by atomic mass is 9.96. The van der Waals surface area contributed by atoms with Crippen LogP contribution in [-0.2, 0) is 9.59 Å². The van der Waals surface area contributed by atoms with Crippen molar-refractivity contribution >= 4 is 11.8 Å². The van der Waals surface area contributed by atoms with E-state index in [9.17, 15) is 9.59 Å². The predicted octanol–water partition coefficient (Wildman–Crippen LogP) is 2.20. The molecule has 1 aromatic rings. The maximum Gasteiger partial charge on any atom is 0.225 e. The first-order chi connectivity index (χ1) is 12.0. The molecular formula is C20H29N3O2. The maximum absolute atomic E-state index is 12.6. The molecule has 0 spiro atoms. The van der Waals surface area contributed by atoms with Gasteiger partial charge in [0.05, 0.1) is 5.92 Å². The second-order valence-corrected chi connectivity index (χ2v) is 7.38. The largest absolute Gasteiger partial charge is 0.352 e. The molecule has 0 aliphatic carbocycles. The number of carbonyl (C=O) groups is 2. The summed E-state index contributed by atoms with van der Waals surface area (Å²) in [5, 5.41) is 3.23. The van der Waals surface area contributed by atoms with Crippen molar-refractivity contribution in [1.82, 2.24) is 15.1 Å². The molecule has 1 aromatic carbocycles. The number of likely N-dealkylation sites (tertiary alicyclic amines) is 2. The number of piperidine rings is 1. The van der Waals surface area contributed by atoms with E-state index in [1.807, 2.05) is 6.07 Å². The van der Waals surface area contributed by atoms with Crippen LogP contribution < -0.4 is 5.32 Å². The average molecular weight is 343 g/mol. The fraction of sp³-hybridized carbons (Fsp3) is 0.600. The van der Waals surface area contributed by atoms with Crippen LogP contribution in [0, 0.1) is 5.92 Å². The van der Waals surface area contributed by atoms with Crippen molar-refractivity contribution in [2.24, 2.45) is 5.92 Å². The molecule has 2 fully saturated rings. The summed E-state index contributed by atoms with van der Waals surface area (Å²) in [5.74, 6) is 0.129. The summed E-state index contributed by atoms with van der Waals surface area (Å²) >= 11 is 0. The molecule has 5 nitrogen and oxygen atoms in total. The van der Waals surface area contributed by atoms with E-state index in [-0.39, 0.29) is 23.8 Å². The van der Waals surface area contributed by atoms with Gasteiger partial charge in [-0.25, -0.2) is 0 Å². The Labute approximate surface area is 150 Å². The Morgan fingerprint density at radius 1 is 1.12 bits per heavy atom. The van der Waals surface area contributed by atoms with E-state index >= 15 is 0 Å². The van der Waals surface area contributed by atoms with Crippen LogP contribution in [0.3, 0.4) is 0 Å². The Morgan fingerprint density at radius 2 is 1.88 bits per heavy atom. The molecule has 3 atom stereocenters. The number of hydrogen-bond acceptors (Lipinski definition) is 3. The lowest BCUT2D eigenvalue weighted by molar-refractivity contribution is -0.134. The summed E-state index contributed by atoms with van der Waals surface area (Å²) in [6.45, 7) is 7.06. The topological polar surface area (TPSA) is 52.7 Å². The summed E-state index contributed by atoms with van der Waals surface area (Å²) in [4.78, 5) is 28.4. The molecule has 1 N–H and O–H groups in total. The van der Waals surface area contributed by atoms with E-state index in [0.717, 1.165) is 38.9 Å². The molecule has 2 aliphatic rings. The molecule has 2 heterocycles. The van der Waals surface area contributed by atoms with Gasteiger partial charge in [-0.3, -0.25) is 14.5 Å². The summed E-state index contributed by atoms with van der Waals surface area (Å²) < 4.78 is 0. The zero-order valence-corrected chi connectivity index (χ0v) is 15.3. The molecule has 0 saturated carbocycles. The Balaban J connectivity index is 1.51. The van der Waals surface area contributed by atoms with Gasteiger partial charge < -0.3 is 10.2 Å². The molecule has 25 heavy (non-hydrogen) atoms. The number of amides is 2. The highest BCUT2D eigenvalue weighted by Crippen LogP contribution is 2.25. The normalized spacial score (nSPS) is 25.6. The molecule has 5 heteroatoms. The van der Waals surface area contributed by atoms with Crippen molar-refractivity contribution in [1.29, 1.82) is 0 Å². The Bertz CT molecular complexity index is 604. The van der Waals surface area contributed by atoms with Crippen LogP contribution in [0.15, 0.2) is 30.3 Å². The zero-order valence-electron chi connectivity index (χ0n) is 15.3. The van der Waals surface area contributed by atoms with Crippen molar-refractivity contribution < 1.29 is 9.59 Å². The predicted molar refractivity (Wildman–Crippen MR) is 98.0 cm³/mol. The highest BCUT2D eigenvalue weighted by atomic mass is 16.2. The minimum Gasteiger partial charge on any atom is -0.352 e. The van der Waals surface area contributed by atoms with E-state index in [4.69, 9.17) is 0 Å².